The van der Waals surface area contributed by atoms with Crippen molar-refractivity contribution in [2.24, 2.45) is 0 Å². The fourth-order valence-corrected chi connectivity index (χ4v) is 1.69. The lowest BCUT2D eigenvalue weighted by Crippen LogP contribution is -2.37. The predicted octanol–water partition coefficient (Wildman–Crippen LogP) is 1.99. The van der Waals surface area contributed by atoms with E-state index in [2.05, 4.69) is 0 Å². The molecule has 2 N–H and O–H groups in total. The highest BCUT2D eigenvalue weighted by Crippen LogP contribution is 2.27. The van der Waals surface area contributed by atoms with Gasteiger partial charge in [-0.05, 0) is 24.6 Å². The van der Waals surface area contributed by atoms with Crippen LogP contribution in [0.2, 0.25) is 0 Å². The molecule has 0 fully saturated rings. The largest absolute Gasteiger partial charge is 0.415 e. The first-order chi connectivity index (χ1) is 7.20. The van der Waals surface area contributed by atoms with E-state index in [0.29, 0.717) is 24.5 Å². The maximum Gasteiger partial charge on any atom is 0.415 e. The zero-order valence-electron chi connectivity index (χ0n) is 8.69. The third-order valence-electron chi connectivity index (χ3n) is 2.39. The molecule has 0 spiro atoms. The molecule has 0 bridgehead atoms. The van der Waals surface area contributed by atoms with Gasteiger partial charge in [-0.3, -0.25) is 0 Å². The second-order valence-corrected chi connectivity index (χ2v) is 3.66. The van der Waals surface area contributed by atoms with Crippen molar-refractivity contribution in [1.82, 2.24) is 4.90 Å². The summed E-state index contributed by atoms with van der Waals surface area (Å²) in [6, 6.07) is 5.33. The maximum absolute atomic E-state index is 11.5. The topological polar surface area (TPSA) is 55.6 Å². The summed E-state index contributed by atoms with van der Waals surface area (Å²) in [5, 5.41) is 0. The van der Waals surface area contributed by atoms with Gasteiger partial charge in [-0.1, -0.05) is 6.92 Å². The van der Waals surface area contributed by atoms with E-state index in [9.17, 15) is 4.79 Å². The van der Waals surface area contributed by atoms with Crippen LogP contribution < -0.4 is 10.5 Å². The number of anilines is 1. The fourth-order valence-electron chi connectivity index (χ4n) is 1.69. The molecule has 0 unspecified atom stereocenters. The van der Waals surface area contributed by atoms with Gasteiger partial charge >= 0.3 is 6.09 Å². The van der Waals surface area contributed by atoms with Crippen molar-refractivity contribution in [2.75, 3.05) is 12.3 Å². The smallest absolute Gasteiger partial charge is 0.410 e. The minimum absolute atomic E-state index is 0.269. The number of nitrogen functional groups attached to an aromatic ring is 1. The molecule has 0 aliphatic carbocycles. The summed E-state index contributed by atoms with van der Waals surface area (Å²) in [4.78, 5) is 13.2. The Labute approximate surface area is 88.6 Å². The second kappa shape index (κ2) is 3.81. The molecule has 80 valence electrons. The average Bonchev–Trinajstić information content (AvgIpc) is 2.20. The standard InChI is InChI=1S/C11H14N2O2/c1-2-5-13-7-8-6-9(12)3-4-10(8)15-11(13)14/h3-4,6H,2,5,7,12H2,1H3. The predicted molar refractivity (Wildman–Crippen MR) is 57.6 cm³/mol. The van der Waals surface area contributed by atoms with E-state index in [1.807, 2.05) is 13.0 Å². The van der Waals surface area contributed by atoms with Gasteiger partial charge in [0.2, 0.25) is 0 Å². The first kappa shape index (κ1) is 9.83. The van der Waals surface area contributed by atoms with Crippen molar-refractivity contribution in [3.05, 3.63) is 23.8 Å². The molecule has 1 aromatic rings. The van der Waals surface area contributed by atoms with Gasteiger partial charge < -0.3 is 15.4 Å². The van der Waals surface area contributed by atoms with E-state index in [0.717, 1.165) is 12.0 Å². The molecule has 4 heteroatoms. The van der Waals surface area contributed by atoms with Gasteiger partial charge in [0, 0.05) is 17.8 Å². The van der Waals surface area contributed by atoms with Crippen LogP contribution in [0, 0.1) is 0 Å². The molecule has 0 radical (unpaired) electrons. The minimum Gasteiger partial charge on any atom is -0.410 e. The van der Waals surface area contributed by atoms with Crippen LogP contribution in [-0.4, -0.2) is 17.5 Å². The zero-order chi connectivity index (χ0) is 10.8. The van der Waals surface area contributed by atoms with Crippen molar-refractivity contribution in [3.8, 4) is 5.75 Å². The summed E-state index contributed by atoms with van der Waals surface area (Å²) in [6.45, 7) is 3.34. The van der Waals surface area contributed by atoms with E-state index in [1.165, 1.54) is 0 Å². The Morgan fingerprint density at radius 1 is 1.53 bits per heavy atom. The third kappa shape index (κ3) is 1.88. The maximum atomic E-state index is 11.5. The molecule has 15 heavy (non-hydrogen) atoms. The lowest BCUT2D eigenvalue weighted by molar-refractivity contribution is 0.138. The summed E-state index contributed by atoms with van der Waals surface area (Å²) >= 11 is 0. The highest BCUT2D eigenvalue weighted by Gasteiger charge is 2.23. The van der Waals surface area contributed by atoms with Gasteiger partial charge in [0.1, 0.15) is 5.75 Å². The summed E-state index contributed by atoms with van der Waals surface area (Å²) < 4.78 is 5.18. The number of fused-ring (bicyclic) bond motifs is 1. The van der Waals surface area contributed by atoms with Gasteiger partial charge in [-0.2, -0.15) is 0 Å². The van der Waals surface area contributed by atoms with Crippen molar-refractivity contribution in [2.45, 2.75) is 19.9 Å². The Balaban J connectivity index is 2.26. The summed E-state index contributed by atoms with van der Waals surface area (Å²) in [7, 11) is 0. The third-order valence-corrected chi connectivity index (χ3v) is 2.39. The number of nitrogens with zero attached hydrogens (tertiary/aromatic N) is 1. The Morgan fingerprint density at radius 2 is 2.33 bits per heavy atom. The molecular weight excluding hydrogens is 192 g/mol. The monoisotopic (exact) mass is 206 g/mol. The van der Waals surface area contributed by atoms with Gasteiger partial charge in [-0.25, -0.2) is 4.79 Å². The number of nitrogens with two attached hydrogens (primary N) is 1. The molecule has 0 aromatic heterocycles. The van der Waals surface area contributed by atoms with Gasteiger partial charge in [-0.15, -0.1) is 0 Å². The number of ether oxygens (including phenoxy) is 1. The van der Waals surface area contributed by atoms with E-state index >= 15 is 0 Å². The van der Waals surface area contributed by atoms with Crippen LogP contribution in [0.15, 0.2) is 18.2 Å². The number of rotatable bonds is 2. The molecule has 0 atom stereocenters. The normalized spacial score (nSPS) is 14.7. The molecule has 0 saturated carbocycles. The molecule has 1 aliphatic rings. The first-order valence-electron chi connectivity index (χ1n) is 5.06. The van der Waals surface area contributed by atoms with Crippen molar-refractivity contribution >= 4 is 11.8 Å². The van der Waals surface area contributed by atoms with Crippen molar-refractivity contribution in [1.29, 1.82) is 0 Å². The van der Waals surface area contributed by atoms with Crippen LogP contribution in [0.25, 0.3) is 0 Å². The minimum atomic E-state index is -0.269. The van der Waals surface area contributed by atoms with Crippen LogP contribution in [0.4, 0.5) is 10.5 Å². The molecular formula is C11H14N2O2. The van der Waals surface area contributed by atoms with E-state index in [1.54, 1.807) is 17.0 Å². The summed E-state index contributed by atoms with van der Waals surface area (Å²) in [5.41, 5.74) is 7.35. The average molecular weight is 206 g/mol. The highest BCUT2D eigenvalue weighted by atomic mass is 16.6. The Bertz CT molecular complexity index is 390. The lowest BCUT2D eigenvalue weighted by Gasteiger charge is -2.27. The van der Waals surface area contributed by atoms with Gasteiger partial charge in [0.05, 0.1) is 6.54 Å². The number of benzene rings is 1. The van der Waals surface area contributed by atoms with E-state index in [-0.39, 0.29) is 6.09 Å². The summed E-state index contributed by atoms with van der Waals surface area (Å²) in [5.74, 6) is 0.626. The van der Waals surface area contributed by atoms with Crippen molar-refractivity contribution in [3.63, 3.8) is 0 Å². The molecule has 0 saturated heterocycles. The van der Waals surface area contributed by atoms with Crippen LogP contribution in [-0.2, 0) is 6.54 Å². The molecule has 2 rings (SSSR count). The van der Waals surface area contributed by atoms with Crippen LogP contribution >= 0.6 is 0 Å². The molecule has 1 heterocycles. The number of hydrogen-bond acceptors (Lipinski definition) is 3. The number of hydrogen-bond donors (Lipinski definition) is 1. The molecule has 1 aromatic carbocycles. The summed E-state index contributed by atoms with van der Waals surface area (Å²) in [6.07, 6.45) is 0.654. The Kier molecular flexibility index (Phi) is 2.49. The van der Waals surface area contributed by atoms with E-state index in [4.69, 9.17) is 10.5 Å². The molecule has 1 amide bonds. The lowest BCUT2D eigenvalue weighted by atomic mass is 10.1. The van der Waals surface area contributed by atoms with Crippen LogP contribution in [0.1, 0.15) is 18.9 Å². The number of carbonyl (C=O) groups is 1. The first-order valence-corrected chi connectivity index (χ1v) is 5.06. The Hall–Kier alpha value is -1.71. The molecule has 4 nitrogen and oxygen atoms in total. The van der Waals surface area contributed by atoms with Crippen LogP contribution in [0.5, 0.6) is 5.75 Å². The highest BCUT2D eigenvalue weighted by molar-refractivity contribution is 5.73. The quantitative estimate of drug-likeness (QED) is 0.753. The second-order valence-electron chi connectivity index (χ2n) is 3.66. The van der Waals surface area contributed by atoms with Crippen molar-refractivity contribution < 1.29 is 9.53 Å². The zero-order valence-corrected chi connectivity index (χ0v) is 8.69. The van der Waals surface area contributed by atoms with Gasteiger partial charge in [0.25, 0.3) is 0 Å². The molecule has 1 aliphatic heterocycles. The number of amides is 1. The Morgan fingerprint density at radius 3 is 3.07 bits per heavy atom. The van der Waals surface area contributed by atoms with Crippen LogP contribution in [0.3, 0.4) is 0 Å². The van der Waals surface area contributed by atoms with Gasteiger partial charge in [0.15, 0.2) is 0 Å². The number of carbonyl (C=O) groups excluding carboxylic acids is 1. The fraction of sp³-hybridized carbons (Fsp3) is 0.364. The van der Waals surface area contributed by atoms with E-state index < -0.39 is 0 Å². The SMILES string of the molecule is CCCN1Cc2cc(N)ccc2OC1=O.